The molecule has 0 aromatic heterocycles. The van der Waals surface area contributed by atoms with Gasteiger partial charge in [-0.1, -0.05) is 30.3 Å². The van der Waals surface area contributed by atoms with Crippen LogP contribution in [0.5, 0.6) is 11.5 Å². The minimum atomic E-state index is -0.661. The van der Waals surface area contributed by atoms with Gasteiger partial charge in [0.05, 0.1) is 7.11 Å². The first kappa shape index (κ1) is 20.3. The molecule has 31 heavy (non-hydrogen) atoms. The zero-order valence-electron chi connectivity index (χ0n) is 16.5. The number of para-hydroxylation sites is 1. The highest BCUT2D eigenvalue weighted by Crippen LogP contribution is 2.34. The molecule has 0 radical (unpaired) electrons. The Morgan fingerprint density at radius 1 is 1.00 bits per heavy atom. The Bertz CT molecular complexity index is 1190. The van der Waals surface area contributed by atoms with E-state index in [1.54, 1.807) is 36.4 Å². The van der Waals surface area contributed by atoms with Crippen molar-refractivity contribution in [3.05, 3.63) is 101 Å². The van der Waals surface area contributed by atoms with Crippen molar-refractivity contribution in [2.45, 2.75) is 6.61 Å². The minimum Gasteiger partial charge on any atom is -0.493 e. The molecule has 1 aliphatic rings. The number of nitrogens with zero attached hydrogens (tertiary/aromatic N) is 1. The second-order valence-corrected chi connectivity index (χ2v) is 6.64. The number of hydrogen-bond donors (Lipinski definition) is 0. The van der Waals surface area contributed by atoms with Crippen LogP contribution >= 0.6 is 0 Å². The first-order chi connectivity index (χ1) is 15.0. The third kappa shape index (κ3) is 4.61. The predicted octanol–water partition coefficient (Wildman–Crippen LogP) is 4.90. The molecule has 0 unspecified atom stereocenters. The van der Waals surface area contributed by atoms with Gasteiger partial charge in [0.15, 0.2) is 17.2 Å². The van der Waals surface area contributed by atoms with Gasteiger partial charge in [0.1, 0.15) is 18.2 Å². The molecular formula is C24H17F2NO4. The summed E-state index contributed by atoms with van der Waals surface area (Å²) in [7, 11) is 1.50. The van der Waals surface area contributed by atoms with Crippen molar-refractivity contribution in [2.75, 3.05) is 7.11 Å². The summed E-state index contributed by atoms with van der Waals surface area (Å²) in [6.07, 6.45) is 1.51. The summed E-state index contributed by atoms with van der Waals surface area (Å²) in [6, 6.07) is 16.8. The topological polar surface area (TPSA) is 57.1 Å². The van der Waals surface area contributed by atoms with Crippen LogP contribution in [0.3, 0.4) is 0 Å². The van der Waals surface area contributed by atoms with Crippen LogP contribution in [0, 0.1) is 11.6 Å². The highest BCUT2D eigenvalue weighted by atomic mass is 19.1. The molecule has 0 saturated heterocycles. The van der Waals surface area contributed by atoms with Crippen molar-refractivity contribution in [3.8, 4) is 11.5 Å². The van der Waals surface area contributed by atoms with Gasteiger partial charge in [0.2, 0.25) is 5.90 Å². The van der Waals surface area contributed by atoms with E-state index >= 15 is 0 Å². The van der Waals surface area contributed by atoms with Gasteiger partial charge in [0.25, 0.3) is 0 Å². The van der Waals surface area contributed by atoms with Crippen molar-refractivity contribution in [3.63, 3.8) is 0 Å². The summed E-state index contributed by atoms with van der Waals surface area (Å²) in [6.45, 7) is 0.166. The van der Waals surface area contributed by atoms with Gasteiger partial charge in [-0.05, 0) is 48.0 Å². The van der Waals surface area contributed by atoms with Gasteiger partial charge in [-0.15, -0.1) is 0 Å². The van der Waals surface area contributed by atoms with E-state index in [9.17, 15) is 13.6 Å². The predicted molar refractivity (Wildman–Crippen MR) is 111 cm³/mol. The number of halogens is 2. The number of methoxy groups -OCH3 is 1. The summed E-state index contributed by atoms with van der Waals surface area (Å²) >= 11 is 0. The molecule has 156 valence electrons. The summed E-state index contributed by atoms with van der Waals surface area (Å²) in [4.78, 5) is 16.5. The summed E-state index contributed by atoms with van der Waals surface area (Å²) < 4.78 is 43.1. The first-order valence-electron chi connectivity index (χ1n) is 9.36. The number of cyclic esters (lactones) is 1. The van der Waals surface area contributed by atoms with Gasteiger partial charge >= 0.3 is 5.97 Å². The highest BCUT2D eigenvalue weighted by Gasteiger charge is 2.25. The van der Waals surface area contributed by atoms with Gasteiger partial charge in [0, 0.05) is 11.1 Å². The molecule has 0 atom stereocenters. The lowest BCUT2D eigenvalue weighted by molar-refractivity contribution is -0.129. The Kier molecular flexibility index (Phi) is 5.75. The number of aliphatic imine (C=N–C) groups is 1. The zero-order chi connectivity index (χ0) is 21.8. The molecule has 0 N–H and O–H groups in total. The Balaban J connectivity index is 1.65. The number of carbonyl (C=O) groups excluding carboxylic acids is 1. The smallest absolute Gasteiger partial charge is 0.363 e. The fourth-order valence-electron chi connectivity index (χ4n) is 3.00. The third-order valence-corrected chi connectivity index (χ3v) is 4.51. The molecular weight excluding hydrogens is 404 g/mol. The van der Waals surface area contributed by atoms with Crippen LogP contribution in [0.4, 0.5) is 8.78 Å². The largest absolute Gasteiger partial charge is 0.493 e. The third-order valence-electron chi connectivity index (χ3n) is 4.51. The van der Waals surface area contributed by atoms with Gasteiger partial charge in [-0.25, -0.2) is 18.6 Å². The van der Waals surface area contributed by atoms with Crippen LogP contribution in [0.15, 0.2) is 77.4 Å². The molecule has 4 rings (SSSR count). The van der Waals surface area contributed by atoms with E-state index < -0.39 is 11.8 Å². The van der Waals surface area contributed by atoms with Crippen LogP contribution in [-0.4, -0.2) is 19.0 Å². The van der Waals surface area contributed by atoms with Crippen LogP contribution in [-0.2, 0) is 16.1 Å². The highest BCUT2D eigenvalue weighted by molar-refractivity contribution is 6.13. The van der Waals surface area contributed by atoms with Crippen molar-refractivity contribution >= 4 is 17.9 Å². The molecule has 5 nitrogen and oxygen atoms in total. The lowest BCUT2D eigenvalue weighted by Gasteiger charge is -2.13. The Morgan fingerprint density at radius 2 is 1.77 bits per heavy atom. The maximum absolute atomic E-state index is 13.5. The van der Waals surface area contributed by atoms with E-state index in [2.05, 4.69) is 4.99 Å². The molecule has 1 heterocycles. The van der Waals surface area contributed by atoms with Crippen LogP contribution in [0.2, 0.25) is 0 Å². The number of hydrogen-bond acceptors (Lipinski definition) is 5. The molecule has 7 heteroatoms. The minimum absolute atomic E-state index is 0.0208. The monoisotopic (exact) mass is 421 g/mol. The molecule has 0 spiro atoms. The molecule has 1 aliphatic heterocycles. The maximum atomic E-state index is 13.5. The second-order valence-electron chi connectivity index (χ2n) is 6.64. The number of ether oxygens (including phenoxy) is 3. The molecule has 0 fully saturated rings. The standard InChI is InChI=1S/C24H17F2NO4/c1-29-21-7-3-4-16(22(21)30-14-15-8-10-18(25)11-9-15)13-20-24(28)31-23(27-20)17-5-2-6-19(26)12-17/h2-13H,14H2,1H3/b20-13-. The van der Waals surface area contributed by atoms with Crippen LogP contribution < -0.4 is 9.47 Å². The molecule has 0 bridgehead atoms. The maximum Gasteiger partial charge on any atom is 0.363 e. The Hall–Kier alpha value is -4.00. The second kappa shape index (κ2) is 8.79. The zero-order valence-corrected chi connectivity index (χ0v) is 16.5. The van der Waals surface area contributed by atoms with Gasteiger partial charge in [-0.2, -0.15) is 0 Å². The van der Waals surface area contributed by atoms with E-state index in [1.807, 2.05) is 0 Å². The van der Waals surface area contributed by atoms with Gasteiger partial charge in [-0.3, -0.25) is 0 Å². The molecule has 0 saturated carbocycles. The van der Waals surface area contributed by atoms with Crippen LogP contribution in [0.1, 0.15) is 16.7 Å². The van der Waals surface area contributed by atoms with Crippen molar-refractivity contribution < 1.29 is 27.8 Å². The number of rotatable bonds is 6. The van der Waals surface area contributed by atoms with Gasteiger partial charge < -0.3 is 14.2 Å². The fourth-order valence-corrected chi connectivity index (χ4v) is 3.00. The average Bonchev–Trinajstić information content (AvgIpc) is 3.14. The van der Waals surface area contributed by atoms with E-state index in [4.69, 9.17) is 14.2 Å². The quantitative estimate of drug-likeness (QED) is 0.420. The SMILES string of the molecule is COc1cccc(/C=C2\N=C(c3cccc(F)c3)OC2=O)c1OCc1ccc(F)cc1. The Labute approximate surface area is 177 Å². The molecule has 0 amide bonds. The van der Waals surface area contributed by atoms with E-state index in [1.165, 1.54) is 43.5 Å². The lowest BCUT2D eigenvalue weighted by Crippen LogP contribution is -2.05. The first-order valence-corrected chi connectivity index (χ1v) is 9.36. The Morgan fingerprint density at radius 3 is 2.52 bits per heavy atom. The number of carbonyl (C=O) groups is 1. The van der Waals surface area contributed by atoms with E-state index in [0.717, 1.165) is 5.56 Å². The average molecular weight is 421 g/mol. The van der Waals surface area contributed by atoms with Crippen LogP contribution in [0.25, 0.3) is 6.08 Å². The lowest BCUT2D eigenvalue weighted by atomic mass is 10.1. The van der Waals surface area contributed by atoms with Crippen molar-refractivity contribution in [1.82, 2.24) is 0 Å². The van der Waals surface area contributed by atoms with Crippen molar-refractivity contribution in [1.29, 1.82) is 0 Å². The van der Waals surface area contributed by atoms with E-state index in [-0.39, 0.29) is 24.0 Å². The summed E-state index contributed by atoms with van der Waals surface area (Å²) in [5, 5.41) is 0. The summed E-state index contributed by atoms with van der Waals surface area (Å²) in [5.41, 5.74) is 1.70. The van der Waals surface area contributed by atoms with E-state index in [0.29, 0.717) is 22.6 Å². The molecule has 3 aromatic rings. The fraction of sp³-hybridized carbons (Fsp3) is 0.0833. The number of esters is 1. The molecule has 3 aromatic carbocycles. The van der Waals surface area contributed by atoms with Crippen molar-refractivity contribution in [2.24, 2.45) is 4.99 Å². The molecule has 0 aliphatic carbocycles. The summed E-state index contributed by atoms with van der Waals surface area (Å²) in [5.74, 6) is -0.587. The number of benzene rings is 3. The normalized spacial score (nSPS) is 14.4.